The van der Waals surface area contributed by atoms with Crippen molar-refractivity contribution in [2.75, 3.05) is 0 Å². The molecule has 0 heteroatoms. The molecular weight excluding hydrogens is 264 g/mol. The van der Waals surface area contributed by atoms with E-state index in [0.717, 1.165) is 0 Å². The highest BCUT2D eigenvalue weighted by Gasteiger charge is 2.15. The van der Waals surface area contributed by atoms with Crippen LogP contribution in [-0.4, -0.2) is 0 Å². The average Bonchev–Trinajstić information content (AvgIpc) is 2.59. The molecule has 0 bridgehead atoms. The van der Waals surface area contributed by atoms with Gasteiger partial charge in [0.2, 0.25) is 0 Å². The molecule has 22 heavy (non-hydrogen) atoms. The molecule has 3 atom stereocenters. The molecule has 0 radical (unpaired) electrons. The van der Waals surface area contributed by atoms with Crippen LogP contribution in [0.3, 0.4) is 0 Å². The summed E-state index contributed by atoms with van der Waals surface area (Å²) in [6, 6.07) is 20.3. The molecule has 2 aromatic carbocycles. The van der Waals surface area contributed by atoms with E-state index in [4.69, 9.17) is 0 Å². The van der Waals surface area contributed by atoms with Gasteiger partial charge in [0, 0.05) is 0 Å². The van der Waals surface area contributed by atoms with Crippen LogP contribution in [0, 0.1) is 0 Å². The highest BCUT2D eigenvalue weighted by molar-refractivity contribution is 5.28. The van der Waals surface area contributed by atoms with Crippen molar-refractivity contribution in [2.45, 2.75) is 64.7 Å². The minimum atomic E-state index is 0.611. The van der Waals surface area contributed by atoms with E-state index in [0.29, 0.717) is 17.8 Å². The van der Waals surface area contributed by atoms with Crippen LogP contribution in [0.4, 0.5) is 0 Å². The maximum Gasteiger partial charge on any atom is -0.0159 e. The van der Waals surface area contributed by atoms with Crippen molar-refractivity contribution in [3.8, 4) is 0 Å². The third-order valence-corrected chi connectivity index (χ3v) is 5.09. The summed E-state index contributed by atoms with van der Waals surface area (Å²) < 4.78 is 0. The average molecular weight is 294 g/mol. The summed E-state index contributed by atoms with van der Waals surface area (Å²) in [4.78, 5) is 0. The maximum atomic E-state index is 2.35. The van der Waals surface area contributed by atoms with Gasteiger partial charge in [0.1, 0.15) is 0 Å². The summed E-state index contributed by atoms with van der Waals surface area (Å²) in [5.41, 5.74) is 4.42. The van der Waals surface area contributed by atoms with Crippen molar-refractivity contribution < 1.29 is 0 Å². The zero-order valence-electron chi connectivity index (χ0n) is 14.5. The first-order valence-electron chi connectivity index (χ1n) is 8.80. The lowest BCUT2D eigenvalue weighted by molar-refractivity contribution is 0.544. The van der Waals surface area contributed by atoms with Gasteiger partial charge in [-0.15, -0.1) is 0 Å². The second kappa shape index (κ2) is 8.17. The summed E-state index contributed by atoms with van der Waals surface area (Å²) in [5.74, 6) is 1.93. The molecular formula is C22H30. The molecule has 0 N–H and O–H groups in total. The van der Waals surface area contributed by atoms with Crippen molar-refractivity contribution in [1.29, 1.82) is 0 Å². The van der Waals surface area contributed by atoms with E-state index < -0.39 is 0 Å². The second-order valence-electron chi connectivity index (χ2n) is 6.63. The highest BCUT2D eigenvalue weighted by Crippen LogP contribution is 2.32. The molecule has 0 nitrogen and oxygen atoms in total. The van der Waals surface area contributed by atoms with Gasteiger partial charge in [-0.2, -0.15) is 0 Å². The Morgan fingerprint density at radius 3 is 1.73 bits per heavy atom. The van der Waals surface area contributed by atoms with E-state index in [9.17, 15) is 0 Å². The molecule has 0 amide bonds. The Morgan fingerprint density at radius 1 is 0.636 bits per heavy atom. The summed E-state index contributed by atoms with van der Waals surface area (Å²) in [6.07, 6.45) is 3.64. The molecule has 3 unspecified atom stereocenters. The van der Waals surface area contributed by atoms with Crippen LogP contribution in [0.5, 0.6) is 0 Å². The molecule has 0 saturated carbocycles. The molecule has 0 aromatic heterocycles. The fraction of sp³-hybridized carbons (Fsp3) is 0.455. The Morgan fingerprint density at radius 2 is 1.18 bits per heavy atom. The molecule has 0 spiro atoms. The van der Waals surface area contributed by atoms with E-state index in [-0.39, 0.29) is 0 Å². The predicted octanol–water partition coefficient (Wildman–Crippen LogP) is 6.89. The Balaban J connectivity index is 2.08. The minimum Gasteiger partial charge on any atom is -0.0648 e. The van der Waals surface area contributed by atoms with Crippen LogP contribution < -0.4 is 0 Å². The van der Waals surface area contributed by atoms with Crippen LogP contribution in [0.1, 0.15) is 81.4 Å². The van der Waals surface area contributed by atoms with E-state index in [1.165, 1.54) is 36.0 Å². The van der Waals surface area contributed by atoms with Crippen molar-refractivity contribution in [3.63, 3.8) is 0 Å². The molecule has 0 fully saturated rings. The summed E-state index contributed by atoms with van der Waals surface area (Å²) in [7, 11) is 0. The first kappa shape index (κ1) is 16.8. The van der Waals surface area contributed by atoms with Gasteiger partial charge in [0.05, 0.1) is 0 Å². The van der Waals surface area contributed by atoms with Crippen molar-refractivity contribution in [2.24, 2.45) is 0 Å². The highest BCUT2D eigenvalue weighted by atomic mass is 14.2. The van der Waals surface area contributed by atoms with E-state index in [1.807, 2.05) is 0 Å². The lowest BCUT2D eigenvalue weighted by atomic mass is 9.84. The predicted molar refractivity (Wildman–Crippen MR) is 97.7 cm³/mol. The van der Waals surface area contributed by atoms with Gasteiger partial charge >= 0.3 is 0 Å². The van der Waals surface area contributed by atoms with Crippen LogP contribution in [0.15, 0.2) is 54.6 Å². The molecule has 0 saturated heterocycles. The summed E-state index contributed by atoms with van der Waals surface area (Å²) >= 11 is 0. The summed E-state index contributed by atoms with van der Waals surface area (Å²) in [6.45, 7) is 9.23. The SMILES string of the molecule is CCC(C)c1ccc(C(CC)CC(C)c2ccccc2)cc1. The van der Waals surface area contributed by atoms with Crippen molar-refractivity contribution in [1.82, 2.24) is 0 Å². The van der Waals surface area contributed by atoms with Crippen LogP contribution >= 0.6 is 0 Å². The van der Waals surface area contributed by atoms with Crippen LogP contribution in [0.2, 0.25) is 0 Å². The van der Waals surface area contributed by atoms with Crippen LogP contribution in [-0.2, 0) is 0 Å². The van der Waals surface area contributed by atoms with Gasteiger partial charge in [-0.1, -0.05) is 82.3 Å². The fourth-order valence-corrected chi connectivity index (χ4v) is 3.22. The molecule has 118 valence electrons. The lowest BCUT2D eigenvalue weighted by Gasteiger charge is -2.21. The molecule has 0 aliphatic heterocycles. The number of benzene rings is 2. The minimum absolute atomic E-state index is 0.611. The zero-order valence-corrected chi connectivity index (χ0v) is 14.5. The zero-order chi connectivity index (χ0) is 15.9. The maximum absolute atomic E-state index is 2.35. The van der Waals surface area contributed by atoms with Crippen LogP contribution in [0.25, 0.3) is 0 Å². The van der Waals surface area contributed by atoms with Gasteiger partial charge in [0.25, 0.3) is 0 Å². The third kappa shape index (κ3) is 4.22. The van der Waals surface area contributed by atoms with Crippen molar-refractivity contribution >= 4 is 0 Å². The fourth-order valence-electron chi connectivity index (χ4n) is 3.22. The number of hydrogen-bond donors (Lipinski definition) is 0. The van der Waals surface area contributed by atoms with E-state index in [2.05, 4.69) is 82.3 Å². The molecule has 0 aliphatic carbocycles. The molecule has 2 rings (SSSR count). The van der Waals surface area contributed by atoms with Gasteiger partial charge in [-0.05, 0) is 53.7 Å². The first-order chi connectivity index (χ1) is 10.7. The Labute approximate surface area is 136 Å². The lowest BCUT2D eigenvalue weighted by Crippen LogP contribution is -2.04. The first-order valence-corrected chi connectivity index (χ1v) is 8.80. The summed E-state index contributed by atoms with van der Waals surface area (Å²) in [5, 5.41) is 0. The quantitative estimate of drug-likeness (QED) is 0.521. The largest absolute Gasteiger partial charge is 0.0648 e. The monoisotopic (exact) mass is 294 g/mol. The third-order valence-electron chi connectivity index (χ3n) is 5.09. The van der Waals surface area contributed by atoms with Gasteiger partial charge in [-0.25, -0.2) is 0 Å². The topological polar surface area (TPSA) is 0 Å². The Hall–Kier alpha value is -1.56. The number of hydrogen-bond acceptors (Lipinski definition) is 0. The number of rotatable bonds is 7. The standard InChI is InChI=1S/C22H30/c1-5-17(3)21-12-14-22(15-13-21)19(6-2)16-18(4)20-10-8-7-9-11-20/h7-15,17-19H,5-6,16H2,1-4H3. The van der Waals surface area contributed by atoms with Gasteiger partial charge in [0.15, 0.2) is 0 Å². The smallest absolute Gasteiger partial charge is 0.0159 e. The van der Waals surface area contributed by atoms with Crippen molar-refractivity contribution in [3.05, 3.63) is 71.3 Å². The van der Waals surface area contributed by atoms with Gasteiger partial charge in [-0.3, -0.25) is 0 Å². The Bertz CT molecular complexity index is 538. The normalized spacial score (nSPS) is 15.3. The van der Waals surface area contributed by atoms with E-state index >= 15 is 0 Å². The Kier molecular flexibility index (Phi) is 6.24. The second-order valence-corrected chi connectivity index (χ2v) is 6.63. The molecule has 0 heterocycles. The molecule has 0 aliphatic rings. The van der Waals surface area contributed by atoms with Gasteiger partial charge < -0.3 is 0 Å². The van der Waals surface area contributed by atoms with E-state index in [1.54, 1.807) is 0 Å². The molecule has 2 aromatic rings.